The second-order valence-corrected chi connectivity index (χ2v) is 10.9. The highest BCUT2D eigenvalue weighted by Crippen LogP contribution is 2.38. The minimum Gasteiger partial charge on any atom is -0.497 e. The highest BCUT2D eigenvalue weighted by atomic mass is 32.2. The molecule has 2 saturated heterocycles. The fraction of sp³-hybridized carbons (Fsp3) is 0.364. The molecule has 0 aromatic heterocycles. The molecule has 6 nitrogen and oxygen atoms in total. The number of hydrogen-bond donors (Lipinski definition) is 0. The first-order valence-electron chi connectivity index (χ1n) is 9.85. The molecule has 30 heavy (non-hydrogen) atoms. The van der Waals surface area contributed by atoms with E-state index in [0.717, 1.165) is 23.3 Å². The zero-order valence-corrected chi connectivity index (χ0v) is 18.4. The van der Waals surface area contributed by atoms with Crippen molar-refractivity contribution in [3.8, 4) is 5.75 Å². The molecule has 2 aromatic carbocycles. The van der Waals surface area contributed by atoms with Gasteiger partial charge in [-0.25, -0.2) is 8.42 Å². The summed E-state index contributed by atoms with van der Waals surface area (Å²) in [4.78, 5) is 18.9. The standard InChI is InChI=1S/C22H24N2O4S2/c1-28-18-9-7-16(8-10-18)11-12-24-19-14-30(26,27)15-20(19)29-22(24)23-21(25)13-17-5-3-2-4-6-17/h2-10,19-20H,11-15H2,1H3/t19-,20-/m0/s1. The summed E-state index contributed by atoms with van der Waals surface area (Å²) in [5.41, 5.74) is 2.04. The van der Waals surface area contributed by atoms with Crippen molar-refractivity contribution >= 4 is 32.7 Å². The second-order valence-electron chi connectivity index (χ2n) is 7.54. The highest BCUT2D eigenvalue weighted by molar-refractivity contribution is 8.15. The molecule has 0 spiro atoms. The lowest BCUT2D eigenvalue weighted by molar-refractivity contribution is -0.117. The van der Waals surface area contributed by atoms with Gasteiger partial charge in [-0.3, -0.25) is 4.79 Å². The average Bonchev–Trinajstić information content (AvgIpc) is 3.18. The molecule has 2 atom stereocenters. The van der Waals surface area contributed by atoms with Crippen molar-refractivity contribution in [1.82, 2.24) is 4.90 Å². The molecule has 0 N–H and O–H groups in total. The molecule has 0 radical (unpaired) electrons. The van der Waals surface area contributed by atoms with E-state index in [9.17, 15) is 13.2 Å². The van der Waals surface area contributed by atoms with Crippen molar-refractivity contribution in [3.05, 3.63) is 65.7 Å². The maximum Gasteiger partial charge on any atom is 0.252 e. The normalized spacial score (nSPS) is 23.5. The van der Waals surface area contributed by atoms with E-state index >= 15 is 0 Å². The van der Waals surface area contributed by atoms with Gasteiger partial charge >= 0.3 is 0 Å². The lowest BCUT2D eigenvalue weighted by Gasteiger charge is -2.24. The van der Waals surface area contributed by atoms with E-state index in [-0.39, 0.29) is 35.1 Å². The number of amides is 1. The van der Waals surface area contributed by atoms with Gasteiger partial charge in [0.15, 0.2) is 15.0 Å². The molecule has 0 bridgehead atoms. The fourth-order valence-corrected chi connectivity index (χ4v) is 7.85. The number of carbonyl (C=O) groups excluding carboxylic acids is 1. The Hall–Kier alpha value is -2.32. The quantitative estimate of drug-likeness (QED) is 0.682. The van der Waals surface area contributed by atoms with Crippen LogP contribution < -0.4 is 4.74 Å². The van der Waals surface area contributed by atoms with E-state index in [2.05, 4.69) is 4.99 Å². The van der Waals surface area contributed by atoms with Gasteiger partial charge in [-0.05, 0) is 29.7 Å². The molecule has 1 amide bonds. The predicted molar refractivity (Wildman–Crippen MR) is 120 cm³/mol. The minimum absolute atomic E-state index is 0.0610. The molecule has 8 heteroatoms. The largest absolute Gasteiger partial charge is 0.497 e. The first-order chi connectivity index (χ1) is 14.4. The van der Waals surface area contributed by atoms with Gasteiger partial charge in [0.05, 0.1) is 31.1 Å². The molecule has 0 aliphatic carbocycles. The monoisotopic (exact) mass is 444 g/mol. The van der Waals surface area contributed by atoms with Crippen LogP contribution in [0.4, 0.5) is 0 Å². The zero-order chi connectivity index (χ0) is 21.1. The van der Waals surface area contributed by atoms with E-state index in [1.54, 1.807) is 7.11 Å². The summed E-state index contributed by atoms with van der Waals surface area (Å²) in [5, 5.41) is 0.587. The van der Waals surface area contributed by atoms with Crippen LogP contribution in [0.1, 0.15) is 11.1 Å². The molecular weight excluding hydrogens is 420 g/mol. The number of hydrogen-bond acceptors (Lipinski definition) is 5. The predicted octanol–water partition coefficient (Wildman–Crippen LogP) is 2.58. The topological polar surface area (TPSA) is 76.0 Å². The second kappa shape index (κ2) is 8.81. The number of carbonyl (C=O) groups is 1. The van der Waals surface area contributed by atoms with Crippen molar-refractivity contribution in [2.45, 2.75) is 24.1 Å². The Kier molecular flexibility index (Phi) is 6.15. The lowest BCUT2D eigenvalue weighted by Crippen LogP contribution is -2.39. The number of methoxy groups -OCH3 is 1. The van der Waals surface area contributed by atoms with Gasteiger partial charge in [-0.15, -0.1) is 0 Å². The first-order valence-corrected chi connectivity index (χ1v) is 12.6. The Labute approximate surface area is 181 Å². The smallest absolute Gasteiger partial charge is 0.252 e. The van der Waals surface area contributed by atoms with Gasteiger partial charge in [0.25, 0.3) is 5.91 Å². The summed E-state index contributed by atoms with van der Waals surface area (Å²) in [7, 11) is -1.42. The summed E-state index contributed by atoms with van der Waals surface area (Å²) in [6.45, 7) is 0.619. The minimum atomic E-state index is -3.05. The number of ether oxygens (including phenoxy) is 1. The summed E-state index contributed by atoms with van der Waals surface area (Å²) in [6.07, 6.45) is 0.977. The van der Waals surface area contributed by atoms with E-state index in [1.165, 1.54) is 11.8 Å². The molecule has 4 rings (SSSR count). The molecule has 0 saturated carbocycles. The van der Waals surface area contributed by atoms with Crippen LogP contribution in [0.2, 0.25) is 0 Å². The Morgan fingerprint density at radius 2 is 1.83 bits per heavy atom. The van der Waals surface area contributed by atoms with Crippen molar-refractivity contribution in [2.75, 3.05) is 25.2 Å². The number of rotatable bonds is 6. The maximum atomic E-state index is 12.5. The van der Waals surface area contributed by atoms with E-state index in [4.69, 9.17) is 4.74 Å². The molecular formula is C22H24N2O4S2. The van der Waals surface area contributed by atoms with Crippen molar-refractivity contribution in [3.63, 3.8) is 0 Å². The summed E-state index contributed by atoms with van der Waals surface area (Å²) in [6, 6.07) is 17.2. The van der Waals surface area contributed by atoms with E-state index < -0.39 is 9.84 Å². The Bertz CT molecular complexity index is 1040. The van der Waals surface area contributed by atoms with Crippen LogP contribution in [0, 0.1) is 0 Å². The Morgan fingerprint density at radius 3 is 2.53 bits per heavy atom. The van der Waals surface area contributed by atoms with Crippen LogP contribution in [-0.4, -0.2) is 60.8 Å². The molecule has 2 aliphatic heterocycles. The summed E-state index contributed by atoms with van der Waals surface area (Å²) >= 11 is 1.43. The number of nitrogens with zero attached hydrogens (tertiary/aromatic N) is 2. The molecule has 2 fully saturated rings. The molecule has 2 aliphatic rings. The van der Waals surface area contributed by atoms with Crippen LogP contribution in [0.25, 0.3) is 0 Å². The zero-order valence-electron chi connectivity index (χ0n) is 16.7. The molecule has 2 aromatic rings. The Morgan fingerprint density at radius 1 is 1.10 bits per heavy atom. The van der Waals surface area contributed by atoms with Crippen LogP contribution in [0.3, 0.4) is 0 Å². The maximum absolute atomic E-state index is 12.5. The molecule has 0 unspecified atom stereocenters. The van der Waals surface area contributed by atoms with E-state index in [0.29, 0.717) is 11.7 Å². The number of benzene rings is 2. The molecule has 158 valence electrons. The lowest BCUT2D eigenvalue weighted by atomic mass is 10.1. The van der Waals surface area contributed by atoms with Crippen molar-refractivity contribution in [1.29, 1.82) is 0 Å². The van der Waals surface area contributed by atoms with Gasteiger partial charge in [0.1, 0.15) is 5.75 Å². The SMILES string of the molecule is COc1ccc(CCN2C(=NC(=O)Cc3ccccc3)S[C@H]3CS(=O)(=O)C[C@@H]32)cc1. The van der Waals surface area contributed by atoms with E-state index in [1.807, 2.05) is 59.5 Å². The Balaban J connectivity index is 1.50. The first kappa shape index (κ1) is 20.9. The summed E-state index contributed by atoms with van der Waals surface area (Å²) in [5.74, 6) is 0.860. The number of sulfone groups is 1. The average molecular weight is 445 g/mol. The number of aliphatic imine (C=N–C) groups is 1. The highest BCUT2D eigenvalue weighted by Gasteiger charge is 2.48. The number of fused-ring (bicyclic) bond motifs is 1. The van der Waals surface area contributed by atoms with Crippen molar-refractivity contribution in [2.24, 2.45) is 4.99 Å². The van der Waals surface area contributed by atoms with Crippen LogP contribution in [0.15, 0.2) is 59.6 Å². The van der Waals surface area contributed by atoms with Crippen LogP contribution >= 0.6 is 11.8 Å². The van der Waals surface area contributed by atoms with Gasteiger partial charge in [0.2, 0.25) is 0 Å². The van der Waals surface area contributed by atoms with Crippen LogP contribution in [-0.2, 0) is 27.5 Å². The van der Waals surface area contributed by atoms with Crippen LogP contribution in [0.5, 0.6) is 5.75 Å². The third kappa shape index (κ3) is 4.87. The van der Waals surface area contributed by atoms with Gasteiger partial charge in [0, 0.05) is 11.8 Å². The fourth-order valence-electron chi connectivity index (χ4n) is 3.86. The van der Waals surface area contributed by atoms with Gasteiger partial charge < -0.3 is 9.64 Å². The third-order valence-electron chi connectivity index (χ3n) is 5.39. The molecule has 2 heterocycles. The summed E-state index contributed by atoms with van der Waals surface area (Å²) < 4.78 is 29.5. The van der Waals surface area contributed by atoms with Gasteiger partial charge in [-0.1, -0.05) is 54.2 Å². The number of amidine groups is 1. The van der Waals surface area contributed by atoms with Crippen molar-refractivity contribution < 1.29 is 17.9 Å². The third-order valence-corrected chi connectivity index (χ3v) is 8.64. The number of thioether (sulfide) groups is 1. The van der Waals surface area contributed by atoms with Gasteiger partial charge in [-0.2, -0.15) is 4.99 Å².